The van der Waals surface area contributed by atoms with Crippen LogP contribution in [0.15, 0.2) is 109 Å². The first kappa shape index (κ1) is 17.9. The Morgan fingerprint density at radius 1 is 0.812 bits per heavy atom. The second kappa shape index (κ2) is 6.38. The molecule has 7 rings (SSSR count). The average molecular weight is 433 g/mol. The van der Waals surface area contributed by atoms with Crippen molar-refractivity contribution in [3.8, 4) is 17.0 Å². The molecule has 152 valence electrons. The SMILES string of the molecule is Clc1ccc2c(c1)O[B@-]1(c3ccccc3)n3c(ccc3-2)C(c2ccccc2)=C2C=CC=[N+]21. The molecule has 4 heterocycles. The van der Waals surface area contributed by atoms with E-state index in [-0.39, 0.29) is 0 Å². The minimum Gasteiger partial charge on any atom is -0.635 e. The fraction of sp³-hybridized carbons (Fsp3) is 0. The van der Waals surface area contributed by atoms with Crippen molar-refractivity contribution in [1.82, 2.24) is 4.48 Å². The van der Waals surface area contributed by atoms with Crippen molar-refractivity contribution in [2.24, 2.45) is 0 Å². The van der Waals surface area contributed by atoms with E-state index in [0.29, 0.717) is 5.02 Å². The van der Waals surface area contributed by atoms with Gasteiger partial charge in [-0.25, -0.2) is 0 Å². The number of nitrogens with zero attached hydrogens (tertiary/aromatic N) is 2. The predicted molar refractivity (Wildman–Crippen MR) is 131 cm³/mol. The molecule has 0 N–H and O–H groups in total. The summed E-state index contributed by atoms with van der Waals surface area (Å²) in [5, 5.41) is 0.670. The minimum atomic E-state index is -1.80. The van der Waals surface area contributed by atoms with Gasteiger partial charge in [-0.05, 0) is 35.9 Å². The Balaban J connectivity index is 1.63. The third-order valence-electron chi connectivity index (χ3n) is 6.74. The summed E-state index contributed by atoms with van der Waals surface area (Å²) < 4.78 is 11.7. The van der Waals surface area contributed by atoms with Crippen molar-refractivity contribution < 1.29 is 9.14 Å². The number of benzene rings is 3. The Hall–Kier alpha value is -3.76. The highest BCUT2D eigenvalue weighted by atomic mass is 35.5. The molecule has 0 radical (unpaired) electrons. The van der Waals surface area contributed by atoms with Crippen molar-refractivity contribution in [2.75, 3.05) is 0 Å². The van der Waals surface area contributed by atoms with Crippen LogP contribution in [0.5, 0.6) is 5.75 Å². The molecule has 4 aromatic rings. The Kier molecular flexibility index (Phi) is 3.56. The molecule has 0 spiro atoms. The van der Waals surface area contributed by atoms with Crippen LogP contribution in [0.4, 0.5) is 0 Å². The molecule has 0 saturated heterocycles. The fourth-order valence-electron chi connectivity index (χ4n) is 5.49. The van der Waals surface area contributed by atoms with E-state index >= 15 is 0 Å². The number of hydrogen-bond acceptors (Lipinski definition) is 1. The van der Waals surface area contributed by atoms with Crippen LogP contribution < -0.4 is 10.1 Å². The van der Waals surface area contributed by atoms with Gasteiger partial charge in [0.25, 0.3) is 0 Å². The van der Waals surface area contributed by atoms with E-state index < -0.39 is 6.62 Å². The Morgan fingerprint density at radius 3 is 2.38 bits per heavy atom. The number of fused-ring (bicyclic) bond motifs is 4. The molecule has 3 nitrogen and oxygen atoms in total. The molecule has 0 amide bonds. The zero-order valence-corrected chi connectivity index (χ0v) is 17.9. The Morgan fingerprint density at radius 2 is 1.56 bits per heavy atom. The van der Waals surface area contributed by atoms with Crippen molar-refractivity contribution in [3.05, 3.63) is 125 Å². The smallest absolute Gasteiger partial charge is 0.597 e. The second-order valence-electron chi connectivity index (χ2n) is 8.39. The van der Waals surface area contributed by atoms with Gasteiger partial charge in [-0.15, -0.1) is 0 Å². The van der Waals surface area contributed by atoms with E-state index in [1.54, 1.807) is 0 Å². The maximum Gasteiger partial charge on any atom is 0.597 e. The number of halogens is 1. The van der Waals surface area contributed by atoms with E-state index in [0.717, 1.165) is 33.9 Å². The van der Waals surface area contributed by atoms with Crippen molar-refractivity contribution in [2.45, 2.75) is 0 Å². The van der Waals surface area contributed by atoms with Crippen LogP contribution in [0.1, 0.15) is 11.3 Å². The molecule has 1 atom stereocenters. The van der Waals surface area contributed by atoms with Crippen LogP contribution >= 0.6 is 11.6 Å². The van der Waals surface area contributed by atoms with Gasteiger partial charge in [-0.3, -0.25) is 0 Å². The van der Waals surface area contributed by atoms with E-state index in [1.807, 2.05) is 18.2 Å². The van der Waals surface area contributed by atoms with Gasteiger partial charge < -0.3 is 13.6 Å². The molecular formula is C27H18BClN2O. The molecule has 0 bridgehead atoms. The summed E-state index contributed by atoms with van der Waals surface area (Å²) in [6, 6.07) is 31.4. The summed E-state index contributed by atoms with van der Waals surface area (Å²) in [7, 11) is 0. The van der Waals surface area contributed by atoms with E-state index in [2.05, 4.69) is 100 Å². The molecule has 0 aliphatic carbocycles. The minimum absolute atomic E-state index is 0.670. The van der Waals surface area contributed by atoms with Gasteiger partial charge in [-0.2, -0.15) is 0 Å². The maximum absolute atomic E-state index is 7.01. The first-order valence-electron chi connectivity index (χ1n) is 10.8. The first-order chi connectivity index (χ1) is 15.8. The first-order valence-corrected chi connectivity index (χ1v) is 11.2. The summed E-state index contributed by atoms with van der Waals surface area (Å²) >= 11 is 6.40. The molecular weight excluding hydrogens is 415 g/mol. The average Bonchev–Trinajstić information content (AvgIpc) is 3.50. The summed E-state index contributed by atoms with van der Waals surface area (Å²) in [5.74, 6) is 0.807. The molecule has 5 heteroatoms. The van der Waals surface area contributed by atoms with Gasteiger partial charge in [0.05, 0.1) is 11.3 Å². The maximum atomic E-state index is 7.01. The predicted octanol–water partition coefficient (Wildman–Crippen LogP) is 5.32. The zero-order valence-electron chi connectivity index (χ0n) is 17.2. The summed E-state index contributed by atoms with van der Waals surface area (Å²) in [5.41, 5.74) is 7.99. The standard InChI is InChI=1S/C27H18BClN2O/c29-21-13-14-22-23-15-16-25-27(19-8-3-1-4-9-19)24-12-7-17-30(24)28(31(23)25,32-26(22)18-21)20-10-5-2-6-11-20/h1-18H/t28-/m0/s1. The third kappa shape index (κ3) is 2.20. The van der Waals surface area contributed by atoms with Crippen LogP contribution in [-0.2, 0) is 0 Å². The fourth-order valence-corrected chi connectivity index (χ4v) is 5.65. The lowest BCUT2D eigenvalue weighted by Crippen LogP contribution is -2.70. The van der Waals surface area contributed by atoms with Gasteiger partial charge in [0, 0.05) is 34.1 Å². The number of hydrogen-bond donors (Lipinski definition) is 0. The quantitative estimate of drug-likeness (QED) is 0.392. The number of rotatable bonds is 2. The normalized spacial score (nSPS) is 19.7. The summed E-state index contributed by atoms with van der Waals surface area (Å²) in [6.07, 6.45) is 6.42. The Labute approximate surface area is 191 Å². The lowest BCUT2D eigenvalue weighted by Gasteiger charge is -2.47. The highest BCUT2D eigenvalue weighted by Gasteiger charge is 2.56. The highest BCUT2D eigenvalue weighted by molar-refractivity contribution is 6.80. The number of allylic oxidation sites excluding steroid dienone is 2. The topological polar surface area (TPSA) is 17.2 Å². The molecule has 3 aliphatic rings. The molecule has 32 heavy (non-hydrogen) atoms. The molecule has 0 fully saturated rings. The van der Waals surface area contributed by atoms with Crippen LogP contribution in [0.3, 0.4) is 0 Å². The van der Waals surface area contributed by atoms with Gasteiger partial charge in [-0.1, -0.05) is 77.7 Å². The van der Waals surface area contributed by atoms with Crippen molar-refractivity contribution in [3.63, 3.8) is 0 Å². The van der Waals surface area contributed by atoms with Gasteiger partial charge in [0.1, 0.15) is 6.21 Å². The van der Waals surface area contributed by atoms with Crippen LogP contribution in [-0.4, -0.2) is 21.8 Å². The lowest BCUT2D eigenvalue weighted by molar-refractivity contribution is -0.342. The highest BCUT2D eigenvalue weighted by Crippen LogP contribution is 2.47. The van der Waals surface area contributed by atoms with Gasteiger partial charge in [0.15, 0.2) is 5.70 Å². The van der Waals surface area contributed by atoms with Crippen LogP contribution in [0.25, 0.3) is 16.8 Å². The number of aromatic nitrogens is 1. The summed E-state index contributed by atoms with van der Waals surface area (Å²) in [4.78, 5) is 0. The van der Waals surface area contributed by atoms with E-state index in [1.165, 1.54) is 11.1 Å². The third-order valence-corrected chi connectivity index (χ3v) is 6.98. The Bertz CT molecular complexity index is 1500. The van der Waals surface area contributed by atoms with E-state index in [4.69, 9.17) is 16.3 Å². The molecule has 0 saturated carbocycles. The van der Waals surface area contributed by atoms with Crippen LogP contribution in [0.2, 0.25) is 5.02 Å². The molecule has 3 aromatic carbocycles. The van der Waals surface area contributed by atoms with Crippen molar-refractivity contribution in [1.29, 1.82) is 0 Å². The van der Waals surface area contributed by atoms with Gasteiger partial charge in [0.2, 0.25) is 0 Å². The van der Waals surface area contributed by atoms with E-state index in [9.17, 15) is 0 Å². The lowest BCUT2D eigenvalue weighted by atomic mass is 9.54. The largest absolute Gasteiger partial charge is 0.635 e. The molecule has 1 aromatic heterocycles. The van der Waals surface area contributed by atoms with Gasteiger partial charge >= 0.3 is 6.62 Å². The molecule has 3 aliphatic heterocycles. The molecule has 0 unspecified atom stereocenters. The zero-order chi connectivity index (χ0) is 21.3. The van der Waals surface area contributed by atoms with Crippen molar-refractivity contribution >= 4 is 35.5 Å². The second-order valence-corrected chi connectivity index (χ2v) is 8.82. The van der Waals surface area contributed by atoms with Crippen LogP contribution in [0, 0.1) is 0 Å². The monoisotopic (exact) mass is 432 g/mol. The summed E-state index contributed by atoms with van der Waals surface area (Å²) in [6.45, 7) is -1.80.